The van der Waals surface area contributed by atoms with Gasteiger partial charge < -0.3 is 5.32 Å². The van der Waals surface area contributed by atoms with Crippen LogP contribution < -0.4 is 5.32 Å². The zero-order valence-electron chi connectivity index (χ0n) is 13.7. The molecule has 122 valence electrons. The van der Waals surface area contributed by atoms with Gasteiger partial charge in [-0.25, -0.2) is 4.98 Å². The van der Waals surface area contributed by atoms with E-state index in [0.717, 1.165) is 17.0 Å². The van der Waals surface area contributed by atoms with E-state index < -0.39 is 0 Å². The molecule has 5 heteroatoms. The third kappa shape index (κ3) is 3.86. The van der Waals surface area contributed by atoms with Gasteiger partial charge in [-0.15, -0.1) is 11.3 Å². The second kappa shape index (κ2) is 7.36. The summed E-state index contributed by atoms with van der Waals surface area (Å²) >= 11 is 1.36. The van der Waals surface area contributed by atoms with Gasteiger partial charge in [-0.05, 0) is 38.0 Å². The molecule has 1 aromatic carbocycles. The predicted molar refractivity (Wildman–Crippen MR) is 96.2 cm³/mol. The molecule has 0 bridgehead atoms. The van der Waals surface area contributed by atoms with Crippen LogP contribution in [0.25, 0.3) is 0 Å². The molecule has 2 aromatic heterocycles. The van der Waals surface area contributed by atoms with Gasteiger partial charge in [0.15, 0.2) is 0 Å². The molecule has 0 saturated carbocycles. The summed E-state index contributed by atoms with van der Waals surface area (Å²) in [5, 5.41) is 3.11. The molecule has 2 heterocycles. The minimum atomic E-state index is -0.178. The average Bonchev–Trinajstić information content (AvgIpc) is 3.03. The van der Waals surface area contributed by atoms with E-state index in [1.54, 1.807) is 11.7 Å². The Hall–Kier alpha value is -2.53. The number of thiazole rings is 1. The van der Waals surface area contributed by atoms with Gasteiger partial charge in [-0.1, -0.05) is 35.9 Å². The average molecular weight is 337 g/mol. The molecule has 0 fully saturated rings. The maximum Gasteiger partial charge on any atom is 0.263 e. The minimum absolute atomic E-state index is 0.0993. The van der Waals surface area contributed by atoms with Crippen LogP contribution in [-0.2, 0) is 6.42 Å². The van der Waals surface area contributed by atoms with Crippen molar-refractivity contribution in [3.8, 4) is 0 Å². The van der Waals surface area contributed by atoms with Crippen molar-refractivity contribution in [2.24, 2.45) is 0 Å². The monoisotopic (exact) mass is 337 g/mol. The number of nitrogens with zero attached hydrogens (tertiary/aromatic N) is 2. The van der Waals surface area contributed by atoms with Crippen LogP contribution in [-0.4, -0.2) is 15.9 Å². The number of benzene rings is 1. The van der Waals surface area contributed by atoms with Crippen LogP contribution in [0.5, 0.6) is 0 Å². The van der Waals surface area contributed by atoms with E-state index in [4.69, 9.17) is 0 Å². The second-order valence-corrected chi connectivity index (χ2v) is 6.59. The highest BCUT2D eigenvalue weighted by Gasteiger charge is 2.19. The van der Waals surface area contributed by atoms with E-state index in [1.807, 2.05) is 25.1 Å². The van der Waals surface area contributed by atoms with Gasteiger partial charge in [0.05, 0.1) is 22.9 Å². The van der Waals surface area contributed by atoms with Crippen molar-refractivity contribution in [1.29, 1.82) is 0 Å². The zero-order chi connectivity index (χ0) is 16.9. The van der Waals surface area contributed by atoms with Crippen molar-refractivity contribution in [1.82, 2.24) is 15.3 Å². The lowest BCUT2D eigenvalue weighted by atomic mass is 10.0. The Morgan fingerprint density at radius 2 is 1.92 bits per heavy atom. The Morgan fingerprint density at radius 1 is 1.12 bits per heavy atom. The first kappa shape index (κ1) is 16.3. The molecule has 1 atom stereocenters. The molecule has 1 amide bonds. The first-order chi connectivity index (χ1) is 11.6. The highest BCUT2D eigenvalue weighted by Crippen LogP contribution is 2.19. The Kier molecular flexibility index (Phi) is 5.01. The molecule has 0 aliphatic carbocycles. The van der Waals surface area contributed by atoms with Crippen molar-refractivity contribution in [2.45, 2.75) is 26.3 Å². The fourth-order valence-electron chi connectivity index (χ4n) is 2.52. The molecule has 1 unspecified atom stereocenters. The van der Waals surface area contributed by atoms with Crippen molar-refractivity contribution < 1.29 is 4.79 Å². The number of aromatic nitrogens is 2. The fraction of sp³-hybridized carbons (Fsp3) is 0.211. The first-order valence-electron chi connectivity index (χ1n) is 7.81. The number of carbonyl (C=O) groups is 1. The van der Waals surface area contributed by atoms with Gasteiger partial charge in [0, 0.05) is 6.20 Å². The molecular formula is C19H19N3OS. The maximum atomic E-state index is 12.6. The van der Waals surface area contributed by atoms with E-state index in [-0.39, 0.29) is 11.9 Å². The molecule has 0 saturated heterocycles. The quantitative estimate of drug-likeness (QED) is 0.769. The molecule has 0 aliphatic heterocycles. The van der Waals surface area contributed by atoms with Crippen LogP contribution in [0.3, 0.4) is 0 Å². The SMILES string of the molecule is Cc1ccc(CC(NC(=O)c2scnc2C)c2ccccn2)cc1. The van der Waals surface area contributed by atoms with Gasteiger partial charge in [0.1, 0.15) is 4.88 Å². The number of carbonyl (C=O) groups excluding carboxylic acids is 1. The standard InChI is InChI=1S/C19H19N3OS/c1-13-6-8-15(9-7-13)11-17(16-5-3-4-10-20-16)22-19(23)18-14(2)21-12-24-18/h3-10,12,17H,11H2,1-2H3,(H,22,23). The summed E-state index contributed by atoms with van der Waals surface area (Å²) in [5.41, 5.74) is 5.69. The Morgan fingerprint density at radius 3 is 2.54 bits per heavy atom. The summed E-state index contributed by atoms with van der Waals surface area (Å²) in [6, 6.07) is 13.9. The van der Waals surface area contributed by atoms with E-state index in [1.165, 1.54) is 16.9 Å². The second-order valence-electron chi connectivity index (χ2n) is 5.74. The summed E-state index contributed by atoms with van der Waals surface area (Å²) in [6.45, 7) is 3.91. The van der Waals surface area contributed by atoms with Crippen LogP contribution in [0, 0.1) is 13.8 Å². The molecule has 3 aromatic rings. The maximum absolute atomic E-state index is 12.6. The molecule has 0 spiro atoms. The first-order valence-corrected chi connectivity index (χ1v) is 8.69. The third-order valence-corrected chi connectivity index (χ3v) is 4.79. The number of nitrogens with one attached hydrogen (secondary N) is 1. The Bertz CT molecular complexity index is 812. The van der Waals surface area contributed by atoms with E-state index in [9.17, 15) is 4.79 Å². The van der Waals surface area contributed by atoms with Crippen LogP contribution in [0.15, 0.2) is 54.2 Å². The van der Waals surface area contributed by atoms with Gasteiger partial charge in [0.25, 0.3) is 5.91 Å². The lowest BCUT2D eigenvalue weighted by molar-refractivity contribution is 0.0939. The lowest BCUT2D eigenvalue weighted by Gasteiger charge is -2.18. The smallest absolute Gasteiger partial charge is 0.263 e. The molecule has 1 N–H and O–H groups in total. The number of rotatable bonds is 5. The van der Waals surface area contributed by atoms with Crippen molar-refractivity contribution in [3.63, 3.8) is 0 Å². The van der Waals surface area contributed by atoms with Crippen LogP contribution >= 0.6 is 11.3 Å². The normalized spacial score (nSPS) is 11.9. The van der Waals surface area contributed by atoms with Gasteiger partial charge in [-0.3, -0.25) is 9.78 Å². The van der Waals surface area contributed by atoms with Crippen LogP contribution in [0.1, 0.15) is 38.2 Å². The van der Waals surface area contributed by atoms with Crippen LogP contribution in [0.2, 0.25) is 0 Å². The molecule has 0 aliphatic rings. The topological polar surface area (TPSA) is 54.9 Å². The molecule has 4 nitrogen and oxygen atoms in total. The van der Waals surface area contributed by atoms with Gasteiger partial charge in [-0.2, -0.15) is 0 Å². The summed E-state index contributed by atoms with van der Waals surface area (Å²) < 4.78 is 0. The van der Waals surface area contributed by atoms with Crippen molar-refractivity contribution >= 4 is 17.2 Å². The summed E-state index contributed by atoms with van der Waals surface area (Å²) in [7, 11) is 0. The van der Waals surface area contributed by atoms with Crippen molar-refractivity contribution in [3.05, 3.63) is 81.6 Å². The van der Waals surface area contributed by atoms with Crippen LogP contribution in [0.4, 0.5) is 0 Å². The van der Waals surface area contributed by atoms with E-state index in [2.05, 4.69) is 46.5 Å². The number of amides is 1. The van der Waals surface area contributed by atoms with Gasteiger partial charge >= 0.3 is 0 Å². The largest absolute Gasteiger partial charge is 0.343 e. The zero-order valence-corrected chi connectivity index (χ0v) is 14.5. The van der Waals surface area contributed by atoms with Gasteiger partial charge in [0.2, 0.25) is 0 Å². The Balaban J connectivity index is 1.84. The van der Waals surface area contributed by atoms with Crippen molar-refractivity contribution in [2.75, 3.05) is 0 Å². The highest BCUT2D eigenvalue weighted by molar-refractivity contribution is 7.11. The summed E-state index contributed by atoms with van der Waals surface area (Å²) in [6.07, 6.45) is 2.45. The number of hydrogen-bond donors (Lipinski definition) is 1. The molecule has 3 rings (SSSR count). The lowest BCUT2D eigenvalue weighted by Crippen LogP contribution is -2.30. The molecular weight excluding hydrogens is 318 g/mol. The summed E-state index contributed by atoms with van der Waals surface area (Å²) in [5.74, 6) is -0.0993. The minimum Gasteiger partial charge on any atom is -0.343 e. The fourth-order valence-corrected chi connectivity index (χ4v) is 3.22. The number of aryl methyl sites for hydroxylation is 2. The number of hydrogen-bond acceptors (Lipinski definition) is 4. The third-order valence-electron chi connectivity index (χ3n) is 3.86. The van der Waals surface area contributed by atoms with E-state index >= 15 is 0 Å². The summed E-state index contributed by atoms with van der Waals surface area (Å²) in [4.78, 5) is 21.8. The molecule has 24 heavy (non-hydrogen) atoms. The van der Waals surface area contributed by atoms with E-state index in [0.29, 0.717) is 11.3 Å². The predicted octanol–water partition coefficient (Wildman–Crippen LogP) is 3.87. The highest BCUT2D eigenvalue weighted by atomic mass is 32.1. The Labute approximate surface area is 145 Å². The number of pyridine rings is 1. The molecule has 0 radical (unpaired) electrons.